The molecular weight excluding hydrogens is 1230 g/mol. The number of rotatable bonds is 68. The van der Waals surface area contributed by atoms with Gasteiger partial charge in [0.05, 0.1) is 26.4 Å². The number of allylic oxidation sites excluding steroid dienone is 16. The highest BCUT2D eigenvalue weighted by molar-refractivity contribution is 7.47. The zero-order chi connectivity index (χ0) is 69.0. The fourth-order valence-corrected chi connectivity index (χ4v) is 11.0. The van der Waals surface area contributed by atoms with Crippen LogP contribution in [0.3, 0.4) is 0 Å². The molecule has 542 valence electrons. The van der Waals surface area contributed by atoms with E-state index in [1.165, 1.54) is 51.4 Å². The Morgan fingerprint density at radius 3 is 0.915 bits per heavy atom. The fourth-order valence-electron chi connectivity index (χ4n) is 9.46. The Balaban J connectivity index is 5.37. The van der Waals surface area contributed by atoms with E-state index in [0.29, 0.717) is 25.7 Å². The minimum absolute atomic E-state index is 0.0750. The Labute approximate surface area is 569 Å². The van der Waals surface area contributed by atoms with Crippen LogP contribution in [0, 0.1) is 0 Å². The summed E-state index contributed by atoms with van der Waals surface area (Å²) in [6.07, 6.45) is 68.4. The zero-order valence-corrected chi connectivity index (χ0v) is 60.7. The van der Waals surface area contributed by atoms with Gasteiger partial charge in [0, 0.05) is 25.7 Å². The molecule has 0 spiro atoms. The van der Waals surface area contributed by atoms with Crippen molar-refractivity contribution in [1.82, 2.24) is 0 Å². The summed E-state index contributed by atoms with van der Waals surface area (Å²) in [4.78, 5) is 72.6. The van der Waals surface area contributed by atoms with E-state index in [9.17, 15) is 43.2 Å². The van der Waals surface area contributed by atoms with Crippen LogP contribution in [-0.4, -0.2) is 96.7 Å². The highest BCUT2D eigenvalue weighted by Crippen LogP contribution is 2.45. The standard InChI is InChI=1S/C75H130O17P2/c1-5-9-13-17-21-25-29-33-34-38-40-44-48-52-56-60-73(78)86-66-71(92-75(80)62-58-54-50-46-42-37-32-28-24-20-16-12-8-4)68-90-94(83,84)88-64-69(76)63-87-93(81,82)89-67-70(91-74(79)61-57-53-49-45-41-36-31-27-23-19-15-11-7-3)65-85-72(77)59-55-51-47-43-39-35-30-26-22-18-14-10-6-2/h9,13-15,18-19,21,25-27,30-31,33-34,40,44,69-71,76H,5-8,10-12,16-17,20,22-24,28-29,32,35-39,41-43,45-68H2,1-4H3,(H,81,82)(H,83,84)/b13-9-,18-14-,19-15-,25-21-,30-26-,31-27-,34-33-,44-40-. The highest BCUT2D eigenvalue weighted by Gasteiger charge is 2.30. The fraction of sp³-hybridized carbons (Fsp3) is 0.733. The van der Waals surface area contributed by atoms with Crippen LogP contribution in [0.25, 0.3) is 0 Å². The van der Waals surface area contributed by atoms with Gasteiger partial charge in [-0.15, -0.1) is 0 Å². The molecule has 0 aliphatic heterocycles. The van der Waals surface area contributed by atoms with Crippen LogP contribution in [0.2, 0.25) is 0 Å². The number of esters is 4. The lowest BCUT2D eigenvalue weighted by molar-refractivity contribution is -0.161. The number of hydrogen-bond acceptors (Lipinski definition) is 15. The van der Waals surface area contributed by atoms with Gasteiger partial charge in [0.2, 0.25) is 0 Å². The van der Waals surface area contributed by atoms with Crippen LogP contribution < -0.4 is 0 Å². The molecule has 0 amide bonds. The first-order valence-corrected chi connectivity index (χ1v) is 39.5. The molecule has 0 aliphatic rings. The van der Waals surface area contributed by atoms with Crippen LogP contribution >= 0.6 is 15.6 Å². The van der Waals surface area contributed by atoms with Crippen LogP contribution in [0.1, 0.15) is 297 Å². The molecule has 0 aromatic heterocycles. The Morgan fingerprint density at radius 2 is 0.574 bits per heavy atom. The van der Waals surface area contributed by atoms with E-state index < -0.39 is 97.5 Å². The third kappa shape index (κ3) is 66.6. The van der Waals surface area contributed by atoms with E-state index in [2.05, 4.69) is 125 Å². The predicted octanol–water partition coefficient (Wildman–Crippen LogP) is 20.4. The lowest BCUT2D eigenvalue weighted by Gasteiger charge is -2.21. The maximum atomic E-state index is 13.0. The number of hydrogen-bond donors (Lipinski definition) is 3. The van der Waals surface area contributed by atoms with Gasteiger partial charge >= 0.3 is 39.5 Å². The molecule has 94 heavy (non-hydrogen) atoms. The van der Waals surface area contributed by atoms with Gasteiger partial charge in [-0.25, -0.2) is 9.13 Å². The molecule has 5 unspecified atom stereocenters. The van der Waals surface area contributed by atoms with Gasteiger partial charge in [0.25, 0.3) is 0 Å². The van der Waals surface area contributed by atoms with Gasteiger partial charge < -0.3 is 33.8 Å². The third-order valence-corrected chi connectivity index (χ3v) is 16.9. The number of phosphoric acid groups is 2. The number of ether oxygens (including phenoxy) is 4. The lowest BCUT2D eigenvalue weighted by atomic mass is 10.0. The van der Waals surface area contributed by atoms with Gasteiger partial charge in [0.1, 0.15) is 19.3 Å². The van der Waals surface area contributed by atoms with E-state index in [0.717, 1.165) is 167 Å². The van der Waals surface area contributed by atoms with Gasteiger partial charge in [0.15, 0.2) is 12.2 Å². The van der Waals surface area contributed by atoms with E-state index in [4.69, 9.17) is 37.0 Å². The Hall–Kier alpha value is -4.02. The normalized spacial score (nSPS) is 14.6. The number of aliphatic hydroxyl groups excluding tert-OH is 1. The monoisotopic (exact) mass is 1360 g/mol. The van der Waals surface area contributed by atoms with Crippen LogP contribution in [0.5, 0.6) is 0 Å². The molecule has 0 rings (SSSR count). The minimum atomic E-state index is -4.98. The second-order valence-corrected chi connectivity index (χ2v) is 27.1. The summed E-state index contributed by atoms with van der Waals surface area (Å²) >= 11 is 0. The average Bonchev–Trinajstić information content (AvgIpc) is 1.67. The smallest absolute Gasteiger partial charge is 0.462 e. The van der Waals surface area contributed by atoms with Crippen LogP contribution in [0.4, 0.5) is 0 Å². The van der Waals surface area contributed by atoms with Crippen molar-refractivity contribution < 1.29 is 80.2 Å². The quantitative estimate of drug-likeness (QED) is 0.0169. The van der Waals surface area contributed by atoms with Crippen molar-refractivity contribution >= 4 is 39.5 Å². The summed E-state index contributed by atoms with van der Waals surface area (Å²) < 4.78 is 68.3. The SMILES string of the molecule is CC/C=C\C/C=C\C/C=C\C/C=C\CCCCC(=O)OCC(COP(=O)(O)OCC(O)COP(=O)(O)OCC(COC(=O)CCCCCCC/C=C\C/C=C\CCC)OC(=O)CCCCCCC/C=C\C/C=C\CCC)OC(=O)CCCCCCCCCCCCCCC. The summed E-state index contributed by atoms with van der Waals surface area (Å²) in [5, 5.41) is 10.6. The number of aliphatic hydroxyl groups is 1. The Morgan fingerprint density at radius 1 is 0.309 bits per heavy atom. The molecule has 17 nitrogen and oxygen atoms in total. The molecule has 0 aromatic rings. The summed E-state index contributed by atoms with van der Waals surface area (Å²) in [5.41, 5.74) is 0. The molecule has 19 heteroatoms. The van der Waals surface area contributed by atoms with E-state index >= 15 is 0 Å². The van der Waals surface area contributed by atoms with Crippen molar-refractivity contribution in [3.8, 4) is 0 Å². The molecular formula is C75H130O17P2. The molecule has 0 saturated carbocycles. The van der Waals surface area contributed by atoms with Crippen LogP contribution in [-0.2, 0) is 65.4 Å². The van der Waals surface area contributed by atoms with Crippen molar-refractivity contribution in [3.63, 3.8) is 0 Å². The molecule has 0 radical (unpaired) electrons. The maximum absolute atomic E-state index is 13.0. The molecule has 0 aromatic carbocycles. The Kier molecular flexibility index (Phi) is 64.7. The molecule has 0 bridgehead atoms. The largest absolute Gasteiger partial charge is 0.472 e. The highest BCUT2D eigenvalue weighted by atomic mass is 31.2. The summed E-state index contributed by atoms with van der Waals surface area (Å²) in [6.45, 7) is 4.55. The average molecular weight is 1370 g/mol. The van der Waals surface area contributed by atoms with E-state index in [1.807, 2.05) is 0 Å². The van der Waals surface area contributed by atoms with Crippen molar-refractivity contribution in [2.75, 3.05) is 39.6 Å². The number of phosphoric ester groups is 2. The predicted molar refractivity (Wildman–Crippen MR) is 381 cm³/mol. The van der Waals surface area contributed by atoms with Gasteiger partial charge in [-0.3, -0.25) is 37.3 Å². The first kappa shape index (κ1) is 90.0. The second kappa shape index (κ2) is 67.5. The number of carbonyl (C=O) groups excluding carboxylic acids is 4. The second-order valence-electron chi connectivity index (χ2n) is 24.2. The van der Waals surface area contributed by atoms with Crippen molar-refractivity contribution in [2.24, 2.45) is 0 Å². The van der Waals surface area contributed by atoms with E-state index in [-0.39, 0.29) is 25.7 Å². The third-order valence-electron chi connectivity index (χ3n) is 15.0. The number of unbranched alkanes of at least 4 members (excludes halogenated alkanes) is 26. The zero-order valence-electron chi connectivity index (χ0n) is 58.9. The van der Waals surface area contributed by atoms with Gasteiger partial charge in [-0.2, -0.15) is 0 Å². The first-order valence-electron chi connectivity index (χ1n) is 36.5. The summed E-state index contributed by atoms with van der Waals surface area (Å²) in [5.74, 6) is -2.24. The van der Waals surface area contributed by atoms with Crippen LogP contribution in [0.15, 0.2) is 97.2 Å². The summed E-state index contributed by atoms with van der Waals surface area (Å²) in [7, 11) is -9.95. The van der Waals surface area contributed by atoms with E-state index in [1.54, 1.807) is 0 Å². The Bertz CT molecular complexity index is 2170. The van der Waals surface area contributed by atoms with Gasteiger partial charge in [-0.1, -0.05) is 253 Å². The molecule has 3 N–H and O–H groups in total. The maximum Gasteiger partial charge on any atom is 0.472 e. The topological polar surface area (TPSA) is 237 Å². The summed E-state index contributed by atoms with van der Waals surface area (Å²) in [6, 6.07) is 0. The van der Waals surface area contributed by atoms with Crippen molar-refractivity contribution in [2.45, 2.75) is 316 Å². The molecule has 0 saturated heterocycles. The van der Waals surface area contributed by atoms with Crippen molar-refractivity contribution in [3.05, 3.63) is 97.2 Å². The molecule has 0 fully saturated rings. The first-order chi connectivity index (χ1) is 45.7. The lowest BCUT2D eigenvalue weighted by Crippen LogP contribution is -2.30. The molecule has 5 atom stereocenters. The van der Waals surface area contributed by atoms with Gasteiger partial charge in [-0.05, 0) is 116 Å². The molecule has 0 aliphatic carbocycles. The number of carbonyl (C=O) groups is 4. The minimum Gasteiger partial charge on any atom is -0.462 e. The molecule has 0 heterocycles. The van der Waals surface area contributed by atoms with Crippen molar-refractivity contribution in [1.29, 1.82) is 0 Å².